The van der Waals surface area contributed by atoms with Crippen molar-refractivity contribution in [3.63, 3.8) is 0 Å². The zero-order valence-corrected chi connectivity index (χ0v) is 17.2. The maximum absolute atomic E-state index is 12.1. The lowest BCUT2D eigenvalue weighted by molar-refractivity contribution is -0.118. The molecule has 3 aromatic rings. The number of nitrogens with zero attached hydrogens (tertiary/aromatic N) is 4. The van der Waals surface area contributed by atoms with Gasteiger partial charge in [-0.25, -0.2) is 0 Å². The van der Waals surface area contributed by atoms with Gasteiger partial charge in [-0.05, 0) is 35.6 Å². The Morgan fingerprint density at radius 3 is 2.50 bits per heavy atom. The Morgan fingerprint density at radius 2 is 1.82 bits per heavy atom. The van der Waals surface area contributed by atoms with Crippen LogP contribution in [0.15, 0.2) is 53.9 Å². The molecule has 0 aliphatic heterocycles. The Kier molecular flexibility index (Phi) is 6.81. The predicted octanol–water partition coefficient (Wildman–Crippen LogP) is 3.45. The van der Waals surface area contributed by atoms with E-state index in [0.717, 1.165) is 17.8 Å². The molecule has 6 nitrogen and oxygen atoms in total. The summed E-state index contributed by atoms with van der Waals surface area (Å²) in [5, 5.41) is 12.1. The molecule has 7 heteroatoms. The van der Waals surface area contributed by atoms with Gasteiger partial charge < -0.3 is 9.88 Å². The van der Waals surface area contributed by atoms with Crippen molar-refractivity contribution < 1.29 is 4.79 Å². The normalized spacial score (nSPS) is 11.0. The lowest BCUT2D eigenvalue weighted by Crippen LogP contribution is -2.27. The van der Waals surface area contributed by atoms with Gasteiger partial charge in [0.25, 0.3) is 0 Å². The largest absolute Gasteiger partial charge is 0.355 e. The van der Waals surface area contributed by atoms with Gasteiger partial charge in [0, 0.05) is 31.5 Å². The Hall–Kier alpha value is -2.67. The van der Waals surface area contributed by atoms with Gasteiger partial charge in [0.2, 0.25) is 5.91 Å². The van der Waals surface area contributed by atoms with Gasteiger partial charge in [0.15, 0.2) is 11.0 Å². The second-order valence-electron chi connectivity index (χ2n) is 6.89. The molecule has 1 aromatic carbocycles. The summed E-state index contributed by atoms with van der Waals surface area (Å²) >= 11 is 1.38. The highest BCUT2D eigenvalue weighted by Gasteiger charge is 2.12. The minimum atomic E-state index is -0.00254. The quantitative estimate of drug-likeness (QED) is 0.592. The van der Waals surface area contributed by atoms with E-state index in [9.17, 15) is 4.79 Å². The average Bonchev–Trinajstić information content (AvgIpc) is 3.08. The van der Waals surface area contributed by atoms with Gasteiger partial charge in [0.1, 0.15) is 0 Å². The van der Waals surface area contributed by atoms with Crippen LogP contribution in [-0.4, -0.2) is 38.0 Å². The van der Waals surface area contributed by atoms with Crippen molar-refractivity contribution in [1.29, 1.82) is 0 Å². The van der Waals surface area contributed by atoms with Crippen molar-refractivity contribution in [2.45, 2.75) is 31.3 Å². The lowest BCUT2D eigenvalue weighted by atomic mass is 10.0. The fourth-order valence-electron chi connectivity index (χ4n) is 2.79. The monoisotopic (exact) mass is 395 g/mol. The van der Waals surface area contributed by atoms with Gasteiger partial charge in [-0.1, -0.05) is 49.9 Å². The zero-order chi connectivity index (χ0) is 19.9. The molecule has 0 saturated carbocycles. The highest BCUT2D eigenvalue weighted by Crippen LogP contribution is 2.21. The van der Waals surface area contributed by atoms with Crippen LogP contribution in [0.3, 0.4) is 0 Å². The number of amides is 1. The van der Waals surface area contributed by atoms with Crippen LogP contribution in [-0.2, 0) is 18.3 Å². The number of thioether (sulfide) groups is 1. The molecule has 0 atom stereocenters. The second kappa shape index (κ2) is 9.50. The molecular formula is C21H25N5OS. The number of nitrogens with one attached hydrogen (secondary N) is 1. The number of aromatic nitrogens is 4. The summed E-state index contributed by atoms with van der Waals surface area (Å²) in [6.07, 6.45) is 4.27. The Labute approximate surface area is 169 Å². The van der Waals surface area contributed by atoms with Crippen LogP contribution in [0.4, 0.5) is 0 Å². The number of benzene rings is 1. The Balaban J connectivity index is 1.45. The number of pyridine rings is 1. The molecule has 0 saturated heterocycles. The van der Waals surface area contributed by atoms with Gasteiger partial charge in [-0.3, -0.25) is 9.78 Å². The van der Waals surface area contributed by atoms with Gasteiger partial charge in [-0.15, -0.1) is 10.2 Å². The Bertz CT molecular complexity index is 906. The highest BCUT2D eigenvalue weighted by molar-refractivity contribution is 7.99. The summed E-state index contributed by atoms with van der Waals surface area (Å²) in [6, 6.07) is 12.4. The molecule has 0 spiro atoms. The molecule has 3 rings (SSSR count). The fourth-order valence-corrected chi connectivity index (χ4v) is 3.53. The molecule has 0 fully saturated rings. The van der Waals surface area contributed by atoms with Crippen molar-refractivity contribution in [2.75, 3.05) is 12.3 Å². The third-order valence-corrected chi connectivity index (χ3v) is 5.51. The minimum absolute atomic E-state index is 0.00254. The number of carbonyl (C=O) groups is 1. The van der Waals surface area contributed by atoms with E-state index < -0.39 is 0 Å². The molecule has 0 bridgehead atoms. The van der Waals surface area contributed by atoms with E-state index in [1.54, 1.807) is 12.4 Å². The predicted molar refractivity (Wildman–Crippen MR) is 112 cm³/mol. The first-order valence-corrected chi connectivity index (χ1v) is 10.3. The first-order valence-electron chi connectivity index (χ1n) is 9.32. The van der Waals surface area contributed by atoms with Crippen molar-refractivity contribution >= 4 is 17.7 Å². The molecule has 146 valence electrons. The van der Waals surface area contributed by atoms with Gasteiger partial charge in [0.05, 0.1) is 5.75 Å². The molecule has 0 aliphatic rings. The summed E-state index contributed by atoms with van der Waals surface area (Å²) in [4.78, 5) is 16.2. The highest BCUT2D eigenvalue weighted by atomic mass is 32.2. The van der Waals surface area contributed by atoms with E-state index in [0.29, 0.717) is 23.4 Å². The number of hydrogen-bond acceptors (Lipinski definition) is 5. The van der Waals surface area contributed by atoms with Crippen LogP contribution in [0.1, 0.15) is 30.9 Å². The molecule has 28 heavy (non-hydrogen) atoms. The van der Waals surface area contributed by atoms with E-state index in [4.69, 9.17) is 0 Å². The SMILES string of the molecule is CC(C)c1ccc(CCNC(=O)CSc2nnc(-c3ccncc3)n2C)cc1. The van der Waals surface area contributed by atoms with E-state index >= 15 is 0 Å². The maximum atomic E-state index is 12.1. The van der Waals surface area contributed by atoms with E-state index in [1.165, 1.54) is 22.9 Å². The van der Waals surface area contributed by atoms with E-state index in [2.05, 4.69) is 58.6 Å². The van der Waals surface area contributed by atoms with Crippen LogP contribution in [0, 0.1) is 0 Å². The van der Waals surface area contributed by atoms with Crippen LogP contribution >= 0.6 is 11.8 Å². The van der Waals surface area contributed by atoms with Crippen molar-refractivity contribution in [3.8, 4) is 11.4 Å². The van der Waals surface area contributed by atoms with Crippen LogP contribution in [0.25, 0.3) is 11.4 Å². The summed E-state index contributed by atoms with van der Waals surface area (Å²) in [5.74, 6) is 1.60. The van der Waals surface area contributed by atoms with Crippen LogP contribution in [0.2, 0.25) is 0 Å². The summed E-state index contributed by atoms with van der Waals surface area (Å²) in [6.45, 7) is 5.00. The number of carbonyl (C=O) groups excluding carboxylic acids is 1. The molecular weight excluding hydrogens is 370 g/mol. The standard InChI is InChI=1S/C21H25N5OS/c1-15(2)17-6-4-16(5-7-17)8-13-23-19(27)14-28-21-25-24-20(26(21)3)18-9-11-22-12-10-18/h4-7,9-12,15H,8,13-14H2,1-3H3,(H,23,27). The first-order chi connectivity index (χ1) is 13.5. The molecule has 2 heterocycles. The fraction of sp³-hybridized carbons (Fsp3) is 0.333. The molecule has 0 unspecified atom stereocenters. The zero-order valence-electron chi connectivity index (χ0n) is 16.4. The maximum Gasteiger partial charge on any atom is 0.230 e. The van der Waals surface area contributed by atoms with Crippen molar-refractivity contribution in [1.82, 2.24) is 25.1 Å². The summed E-state index contributed by atoms with van der Waals surface area (Å²) < 4.78 is 1.89. The summed E-state index contributed by atoms with van der Waals surface area (Å²) in [7, 11) is 1.90. The van der Waals surface area contributed by atoms with Crippen molar-refractivity contribution in [2.24, 2.45) is 7.05 Å². The van der Waals surface area contributed by atoms with Gasteiger partial charge in [-0.2, -0.15) is 0 Å². The van der Waals surface area contributed by atoms with Crippen molar-refractivity contribution in [3.05, 3.63) is 59.9 Å². The van der Waals surface area contributed by atoms with E-state index in [1.807, 2.05) is 23.7 Å². The third kappa shape index (κ3) is 5.19. The molecule has 0 aliphatic carbocycles. The van der Waals surface area contributed by atoms with Crippen LogP contribution in [0.5, 0.6) is 0 Å². The number of hydrogen-bond donors (Lipinski definition) is 1. The topological polar surface area (TPSA) is 72.7 Å². The molecule has 0 radical (unpaired) electrons. The molecule has 1 N–H and O–H groups in total. The minimum Gasteiger partial charge on any atom is -0.355 e. The van der Waals surface area contributed by atoms with Crippen LogP contribution < -0.4 is 5.32 Å². The number of rotatable bonds is 8. The van der Waals surface area contributed by atoms with Gasteiger partial charge >= 0.3 is 0 Å². The first kappa shape index (κ1) is 20.1. The second-order valence-corrected chi connectivity index (χ2v) is 7.83. The smallest absolute Gasteiger partial charge is 0.230 e. The Morgan fingerprint density at radius 1 is 1.11 bits per heavy atom. The third-order valence-electron chi connectivity index (χ3n) is 4.49. The van der Waals surface area contributed by atoms with E-state index in [-0.39, 0.29) is 5.91 Å². The average molecular weight is 396 g/mol. The summed E-state index contributed by atoms with van der Waals surface area (Å²) in [5.41, 5.74) is 3.51. The molecule has 2 aromatic heterocycles. The molecule has 1 amide bonds. The lowest BCUT2D eigenvalue weighted by Gasteiger charge is -2.08.